The third-order valence-corrected chi connectivity index (χ3v) is 6.99. The standard InChI is InChI=1S/C31H30ClN3O4/c1-21(2)39-27-14-11-25-19-34(31(38)24-9-12-26(32)13-10-24)20-29(36)35(28(25)17-27)18-22-5-7-23(8-6-22)30(37)33-15-3-4-16-33/h3-14,17,21H,15-16,18-20H2,1-2H3. The highest BCUT2D eigenvalue weighted by atomic mass is 35.5. The van der Waals surface area contributed by atoms with Gasteiger partial charge in [-0.05, 0) is 67.4 Å². The molecule has 0 saturated carbocycles. The van der Waals surface area contributed by atoms with Crippen molar-refractivity contribution in [3.05, 3.63) is 106 Å². The number of benzene rings is 3. The van der Waals surface area contributed by atoms with Gasteiger partial charge in [-0.15, -0.1) is 0 Å². The van der Waals surface area contributed by atoms with Crippen LogP contribution in [0, 0.1) is 0 Å². The van der Waals surface area contributed by atoms with E-state index in [-0.39, 0.29) is 36.9 Å². The highest BCUT2D eigenvalue weighted by molar-refractivity contribution is 6.30. The average Bonchev–Trinajstić information content (AvgIpc) is 3.43. The van der Waals surface area contributed by atoms with E-state index in [0.29, 0.717) is 47.2 Å². The smallest absolute Gasteiger partial charge is 0.254 e. The molecular formula is C31H30ClN3O4. The summed E-state index contributed by atoms with van der Waals surface area (Å²) in [6, 6.07) is 19.7. The van der Waals surface area contributed by atoms with Gasteiger partial charge in [0, 0.05) is 41.9 Å². The van der Waals surface area contributed by atoms with Crippen molar-refractivity contribution < 1.29 is 19.1 Å². The van der Waals surface area contributed by atoms with Crippen LogP contribution in [0.25, 0.3) is 0 Å². The molecule has 0 aromatic heterocycles. The molecule has 7 nitrogen and oxygen atoms in total. The Bertz CT molecular complexity index is 1410. The Labute approximate surface area is 233 Å². The Balaban J connectivity index is 1.43. The quantitative estimate of drug-likeness (QED) is 0.394. The van der Waals surface area contributed by atoms with Gasteiger partial charge in [-0.1, -0.05) is 42.0 Å². The summed E-state index contributed by atoms with van der Waals surface area (Å²) in [7, 11) is 0. The van der Waals surface area contributed by atoms with E-state index in [2.05, 4.69) is 0 Å². The minimum atomic E-state index is -0.241. The van der Waals surface area contributed by atoms with E-state index in [4.69, 9.17) is 16.3 Å². The first kappa shape index (κ1) is 26.5. The molecular weight excluding hydrogens is 514 g/mol. The number of fused-ring (bicyclic) bond motifs is 1. The number of amides is 3. The molecule has 5 rings (SSSR count). The summed E-state index contributed by atoms with van der Waals surface area (Å²) in [5.74, 6) is 0.185. The molecule has 0 fully saturated rings. The molecule has 39 heavy (non-hydrogen) atoms. The van der Waals surface area contributed by atoms with Gasteiger partial charge in [0.25, 0.3) is 11.8 Å². The molecule has 0 bridgehead atoms. The van der Waals surface area contributed by atoms with Crippen LogP contribution in [0.4, 0.5) is 5.69 Å². The third-order valence-electron chi connectivity index (χ3n) is 6.73. The van der Waals surface area contributed by atoms with Crippen LogP contribution in [0.2, 0.25) is 5.02 Å². The summed E-state index contributed by atoms with van der Waals surface area (Å²) in [5.41, 5.74) is 3.49. The van der Waals surface area contributed by atoms with Gasteiger partial charge < -0.3 is 19.4 Å². The van der Waals surface area contributed by atoms with Crippen LogP contribution in [0.1, 0.15) is 45.7 Å². The summed E-state index contributed by atoms with van der Waals surface area (Å²) in [5, 5.41) is 0.539. The predicted octanol–water partition coefficient (Wildman–Crippen LogP) is 5.33. The molecule has 2 aliphatic heterocycles. The molecule has 0 atom stereocenters. The number of hydrogen-bond donors (Lipinski definition) is 0. The van der Waals surface area contributed by atoms with Gasteiger partial charge in [0.1, 0.15) is 12.3 Å². The first-order valence-corrected chi connectivity index (χ1v) is 13.3. The molecule has 2 aliphatic rings. The lowest BCUT2D eigenvalue weighted by Gasteiger charge is -2.24. The predicted molar refractivity (Wildman–Crippen MR) is 151 cm³/mol. The highest BCUT2D eigenvalue weighted by Crippen LogP contribution is 2.32. The third kappa shape index (κ3) is 5.99. The largest absolute Gasteiger partial charge is 0.491 e. The zero-order valence-corrected chi connectivity index (χ0v) is 22.7. The molecule has 0 spiro atoms. The molecule has 3 aromatic rings. The summed E-state index contributed by atoms with van der Waals surface area (Å²) < 4.78 is 5.92. The SMILES string of the molecule is CC(C)Oc1ccc2c(c1)N(Cc1ccc(C(=O)N3CC=CC3)cc1)C(=O)CN(C(=O)c1ccc(Cl)cc1)C2. The number of carbonyl (C=O) groups excluding carboxylic acids is 3. The van der Waals surface area contributed by atoms with E-state index < -0.39 is 0 Å². The van der Waals surface area contributed by atoms with E-state index in [9.17, 15) is 14.4 Å². The molecule has 0 radical (unpaired) electrons. The Morgan fingerprint density at radius 1 is 0.846 bits per heavy atom. The number of nitrogens with zero attached hydrogens (tertiary/aromatic N) is 3. The minimum Gasteiger partial charge on any atom is -0.491 e. The first-order valence-electron chi connectivity index (χ1n) is 13.0. The minimum absolute atomic E-state index is 0.0189. The normalized spacial score (nSPS) is 15.0. The number of rotatable bonds is 6. The second-order valence-electron chi connectivity index (χ2n) is 9.98. The molecule has 0 aliphatic carbocycles. The lowest BCUT2D eigenvalue weighted by molar-refractivity contribution is -0.119. The summed E-state index contributed by atoms with van der Waals surface area (Å²) in [4.78, 5) is 44.8. The number of ether oxygens (including phenoxy) is 1. The van der Waals surface area contributed by atoms with E-state index in [1.165, 1.54) is 0 Å². The van der Waals surface area contributed by atoms with Crippen molar-refractivity contribution in [2.45, 2.75) is 33.0 Å². The zero-order chi connectivity index (χ0) is 27.5. The Hall–Kier alpha value is -4.10. The fourth-order valence-corrected chi connectivity index (χ4v) is 4.90. The molecule has 0 unspecified atom stereocenters. The van der Waals surface area contributed by atoms with E-state index >= 15 is 0 Å². The number of hydrogen-bond acceptors (Lipinski definition) is 4. The Morgan fingerprint density at radius 3 is 2.10 bits per heavy atom. The summed E-state index contributed by atoms with van der Waals surface area (Å²) in [6.45, 7) is 5.62. The highest BCUT2D eigenvalue weighted by Gasteiger charge is 2.30. The van der Waals surface area contributed by atoms with Crippen LogP contribution < -0.4 is 9.64 Å². The van der Waals surface area contributed by atoms with Crippen molar-refractivity contribution in [3.8, 4) is 5.75 Å². The van der Waals surface area contributed by atoms with Crippen molar-refractivity contribution in [2.24, 2.45) is 0 Å². The lowest BCUT2D eigenvalue weighted by Crippen LogP contribution is -2.39. The molecule has 3 aromatic carbocycles. The molecule has 0 saturated heterocycles. The summed E-state index contributed by atoms with van der Waals surface area (Å²) in [6.07, 6.45) is 3.93. The van der Waals surface area contributed by atoms with Crippen LogP contribution in [0.5, 0.6) is 5.75 Å². The van der Waals surface area contributed by atoms with Gasteiger partial charge in [-0.2, -0.15) is 0 Å². The van der Waals surface area contributed by atoms with Crippen LogP contribution >= 0.6 is 11.6 Å². The van der Waals surface area contributed by atoms with Gasteiger partial charge in [0.05, 0.1) is 18.3 Å². The topological polar surface area (TPSA) is 70.2 Å². The molecule has 3 amide bonds. The number of carbonyl (C=O) groups is 3. The average molecular weight is 544 g/mol. The maximum Gasteiger partial charge on any atom is 0.254 e. The van der Waals surface area contributed by atoms with Gasteiger partial charge in [0.15, 0.2) is 0 Å². The van der Waals surface area contributed by atoms with Crippen molar-refractivity contribution >= 4 is 35.0 Å². The first-order chi connectivity index (χ1) is 18.8. The maximum atomic E-state index is 13.7. The summed E-state index contributed by atoms with van der Waals surface area (Å²) >= 11 is 6.00. The zero-order valence-electron chi connectivity index (χ0n) is 22.0. The van der Waals surface area contributed by atoms with Gasteiger partial charge in [-0.25, -0.2) is 0 Å². The second-order valence-corrected chi connectivity index (χ2v) is 10.4. The van der Waals surface area contributed by atoms with E-state index in [0.717, 1.165) is 11.1 Å². The van der Waals surface area contributed by atoms with Crippen LogP contribution in [0.15, 0.2) is 78.9 Å². The van der Waals surface area contributed by atoms with E-state index in [1.54, 1.807) is 51.1 Å². The van der Waals surface area contributed by atoms with Crippen LogP contribution in [-0.2, 0) is 17.9 Å². The van der Waals surface area contributed by atoms with Crippen molar-refractivity contribution in [1.82, 2.24) is 9.80 Å². The molecule has 2 heterocycles. The number of anilines is 1. The van der Waals surface area contributed by atoms with Crippen molar-refractivity contribution in [1.29, 1.82) is 0 Å². The van der Waals surface area contributed by atoms with Crippen molar-refractivity contribution in [3.63, 3.8) is 0 Å². The van der Waals surface area contributed by atoms with Gasteiger partial charge >= 0.3 is 0 Å². The Morgan fingerprint density at radius 2 is 1.46 bits per heavy atom. The maximum absolute atomic E-state index is 13.7. The second kappa shape index (κ2) is 11.3. The number of halogens is 1. The van der Waals surface area contributed by atoms with Crippen LogP contribution in [0.3, 0.4) is 0 Å². The van der Waals surface area contributed by atoms with Gasteiger partial charge in [0.2, 0.25) is 5.91 Å². The fraction of sp³-hybridized carbons (Fsp3) is 0.258. The molecule has 8 heteroatoms. The monoisotopic (exact) mass is 543 g/mol. The molecule has 200 valence electrons. The van der Waals surface area contributed by atoms with Gasteiger partial charge in [-0.3, -0.25) is 14.4 Å². The fourth-order valence-electron chi connectivity index (χ4n) is 4.77. The van der Waals surface area contributed by atoms with E-state index in [1.807, 2.05) is 56.3 Å². The molecule has 0 N–H and O–H groups in total. The van der Waals surface area contributed by atoms with Crippen LogP contribution in [-0.4, -0.2) is 53.3 Å². The lowest BCUT2D eigenvalue weighted by atomic mass is 10.1. The Kier molecular flexibility index (Phi) is 7.70. The van der Waals surface area contributed by atoms with Crippen molar-refractivity contribution in [2.75, 3.05) is 24.5 Å².